The minimum atomic E-state index is 0.0504. The van der Waals surface area contributed by atoms with Gasteiger partial charge in [-0.1, -0.05) is 49.6 Å². The van der Waals surface area contributed by atoms with E-state index in [1.54, 1.807) is 6.21 Å². The summed E-state index contributed by atoms with van der Waals surface area (Å²) in [7, 11) is 0. The number of benzene rings is 2. The Labute approximate surface area is 184 Å². The van der Waals surface area contributed by atoms with Crippen LogP contribution in [0.1, 0.15) is 43.7 Å². The van der Waals surface area contributed by atoms with E-state index in [-0.39, 0.29) is 17.2 Å². The van der Waals surface area contributed by atoms with Crippen LogP contribution in [0.5, 0.6) is 5.75 Å². The van der Waals surface area contributed by atoms with Gasteiger partial charge in [0, 0.05) is 16.5 Å². The third-order valence-electron chi connectivity index (χ3n) is 6.30. The lowest BCUT2D eigenvalue weighted by Gasteiger charge is -2.15. The van der Waals surface area contributed by atoms with Crippen molar-refractivity contribution in [3.63, 3.8) is 0 Å². The van der Waals surface area contributed by atoms with E-state index in [2.05, 4.69) is 33.4 Å². The first-order valence-corrected chi connectivity index (χ1v) is 11.1. The first-order valence-electron chi connectivity index (χ1n) is 9.98. The molecule has 2 aromatic rings. The summed E-state index contributed by atoms with van der Waals surface area (Å²) in [6.45, 7) is 2.63. The van der Waals surface area contributed by atoms with Gasteiger partial charge >= 0.3 is 0 Å². The highest BCUT2D eigenvalue weighted by Crippen LogP contribution is 2.66. The number of ether oxygens (including phenoxy) is 1. The molecule has 4 nitrogen and oxygen atoms in total. The summed E-state index contributed by atoms with van der Waals surface area (Å²) in [6, 6.07) is 13.3. The van der Waals surface area contributed by atoms with Crippen LogP contribution in [0.2, 0.25) is 5.02 Å². The lowest BCUT2D eigenvalue weighted by atomic mass is 9.90. The number of fused-ring (bicyclic) bond motifs is 1. The molecule has 0 bridgehead atoms. The Kier molecular flexibility index (Phi) is 5.98. The van der Waals surface area contributed by atoms with Crippen LogP contribution in [0.3, 0.4) is 0 Å². The summed E-state index contributed by atoms with van der Waals surface area (Å²) in [5.74, 6) is 1.43. The molecule has 0 aliphatic heterocycles. The van der Waals surface area contributed by atoms with Gasteiger partial charge in [0.25, 0.3) is 0 Å². The molecule has 0 spiro atoms. The van der Waals surface area contributed by atoms with Crippen LogP contribution in [-0.4, -0.2) is 12.1 Å². The largest absolute Gasteiger partial charge is 0.488 e. The molecule has 0 unspecified atom stereocenters. The van der Waals surface area contributed by atoms with Gasteiger partial charge in [0.15, 0.2) is 0 Å². The van der Waals surface area contributed by atoms with Crippen LogP contribution < -0.4 is 10.2 Å². The molecule has 0 radical (unpaired) electrons. The number of nitrogens with zero attached hydrogens (tertiary/aromatic N) is 1. The maximum atomic E-state index is 12.5. The van der Waals surface area contributed by atoms with Gasteiger partial charge in [0.2, 0.25) is 5.91 Å². The molecule has 0 heterocycles. The second-order valence-electron chi connectivity index (χ2n) is 8.14. The molecule has 4 rings (SSSR count). The number of hydrogen-bond donors (Lipinski definition) is 1. The van der Waals surface area contributed by atoms with Gasteiger partial charge in [-0.15, -0.1) is 0 Å². The van der Waals surface area contributed by atoms with Crippen molar-refractivity contribution < 1.29 is 9.53 Å². The lowest BCUT2D eigenvalue weighted by molar-refractivity contribution is -0.123. The number of halogens is 2. The Morgan fingerprint density at radius 2 is 2.17 bits per heavy atom. The summed E-state index contributed by atoms with van der Waals surface area (Å²) < 4.78 is 6.68. The monoisotopic (exact) mass is 474 g/mol. The number of carbonyl (C=O) groups excluding carboxylic acids is 1. The number of nitrogens with one attached hydrogen (secondary N) is 1. The summed E-state index contributed by atoms with van der Waals surface area (Å²) in [5, 5.41) is 4.85. The average Bonchev–Trinajstić information content (AvgIpc) is 3.34. The Hall–Kier alpha value is -1.85. The van der Waals surface area contributed by atoms with Gasteiger partial charge in [-0.3, -0.25) is 4.79 Å². The SMILES string of the molecule is C[C@]12CCCC[C@H]1[C@H]2C(=O)N/N=C\c1ccc(OCc2ccccc2Cl)c(Br)c1. The summed E-state index contributed by atoms with van der Waals surface area (Å²) in [6.07, 6.45) is 6.46. The van der Waals surface area contributed by atoms with Crippen LogP contribution in [0.4, 0.5) is 0 Å². The number of hydrazone groups is 1. The van der Waals surface area contributed by atoms with Gasteiger partial charge < -0.3 is 4.74 Å². The molecule has 1 N–H and O–H groups in total. The van der Waals surface area contributed by atoms with Crippen molar-refractivity contribution in [3.8, 4) is 5.75 Å². The van der Waals surface area contributed by atoms with Crippen molar-refractivity contribution in [3.05, 3.63) is 63.1 Å². The van der Waals surface area contributed by atoms with E-state index in [0.29, 0.717) is 17.5 Å². The predicted molar refractivity (Wildman–Crippen MR) is 119 cm³/mol. The smallest absolute Gasteiger partial charge is 0.244 e. The zero-order valence-electron chi connectivity index (χ0n) is 16.3. The van der Waals surface area contributed by atoms with Crippen molar-refractivity contribution in [1.29, 1.82) is 0 Å². The molecule has 2 saturated carbocycles. The van der Waals surface area contributed by atoms with Gasteiger partial charge in [0.05, 0.1) is 10.7 Å². The fourth-order valence-electron chi connectivity index (χ4n) is 4.58. The number of carbonyl (C=O) groups is 1. The quantitative estimate of drug-likeness (QED) is 0.414. The normalized spacial score (nSPS) is 25.5. The van der Waals surface area contributed by atoms with Gasteiger partial charge in [-0.25, -0.2) is 5.43 Å². The molecule has 3 atom stereocenters. The maximum absolute atomic E-state index is 12.5. The van der Waals surface area contributed by atoms with Crippen LogP contribution in [0.15, 0.2) is 52.0 Å². The summed E-state index contributed by atoms with van der Waals surface area (Å²) >= 11 is 9.70. The molecule has 29 heavy (non-hydrogen) atoms. The van der Waals surface area contributed by atoms with Crippen LogP contribution in [0, 0.1) is 17.3 Å². The number of amides is 1. The summed E-state index contributed by atoms with van der Waals surface area (Å²) in [5.41, 5.74) is 4.74. The highest BCUT2D eigenvalue weighted by Gasteiger charge is 2.64. The molecular weight excluding hydrogens is 452 g/mol. The molecule has 6 heteroatoms. The van der Waals surface area contributed by atoms with Crippen LogP contribution in [0.25, 0.3) is 0 Å². The third kappa shape index (κ3) is 4.36. The van der Waals surface area contributed by atoms with Gasteiger partial charge in [-0.05, 0) is 69.9 Å². The second kappa shape index (κ2) is 8.49. The highest BCUT2D eigenvalue weighted by molar-refractivity contribution is 9.10. The Morgan fingerprint density at radius 1 is 1.34 bits per heavy atom. The molecule has 0 aromatic heterocycles. The Balaban J connectivity index is 1.32. The average molecular weight is 476 g/mol. The van der Waals surface area contributed by atoms with E-state index in [4.69, 9.17) is 16.3 Å². The molecule has 0 saturated heterocycles. The molecule has 2 aliphatic carbocycles. The van der Waals surface area contributed by atoms with Crippen LogP contribution >= 0.6 is 27.5 Å². The van der Waals surface area contributed by atoms with Crippen molar-refractivity contribution in [2.75, 3.05) is 0 Å². The number of rotatable bonds is 6. The minimum Gasteiger partial charge on any atom is -0.488 e. The highest BCUT2D eigenvalue weighted by atomic mass is 79.9. The Morgan fingerprint density at radius 3 is 2.90 bits per heavy atom. The standard InChI is InChI=1S/C23H24BrClN2O2/c1-23-11-5-4-7-17(23)21(23)22(28)27-26-13-15-9-10-20(18(24)12-15)29-14-16-6-2-3-8-19(16)25/h2-3,6,8-10,12-13,17,21H,4-5,7,11,14H2,1H3,(H,27,28)/b26-13-/t17-,21-,23-/m0/s1. The fraction of sp³-hybridized carbons (Fsp3) is 0.391. The maximum Gasteiger partial charge on any atom is 0.244 e. The predicted octanol–water partition coefficient (Wildman–Crippen LogP) is 5.96. The minimum absolute atomic E-state index is 0.0504. The first kappa shape index (κ1) is 20.4. The van der Waals surface area contributed by atoms with Crippen molar-refractivity contribution >= 4 is 39.7 Å². The Bertz CT molecular complexity index is 948. The van der Waals surface area contributed by atoms with E-state index in [9.17, 15) is 4.79 Å². The van der Waals surface area contributed by atoms with Crippen molar-refractivity contribution in [1.82, 2.24) is 5.43 Å². The lowest BCUT2D eigenvalue weighted by Crippen LogP contribution is -2.22. The molecular formula is C23H24BrClN2O2. The molecule has 2 aromatic carbocycles. The van der Waals surface area contributed by atoms with E-state index in [1.807, 2.05) is 42.5 Å². The topological polar surface area (TPSA) is 50.7 Å². The second-order valence-corrected chi connectivity index (χ2v) is 9.40. The van der Waals surface area contributed by atoms with E-state index in [1.165, 1.54) is 19.3 Å². The van der Waals surface area contributed by atoms with Crippen LogP contribution in [-0.2, 0) is 11.4 Å². The van der Waals surface area contributed by atoms with Crippen molar-refractivity contribution in [2.45, 2.75) is 39.2 Å². The van der Waals surface area contributed by atoms with Gasteiger partial charge in [0.1, 0.15) is 12.4 Å². The van der Waals surface area contributed by atoms with E-state index in [0.717, 1.165) is 27.8 Å². The molecule has 1 amide bonds. The van der Waals surface area contributed by atoms with E-state index >= 15 is 0 Å². The zero-order valence-corrected chi connectivity index (χ0v) is 18.7. The first-order chi connectivity index (χ1) is 14.0. The third-order valence-corrected chi connectivity index (χ3v) is 7.29. The van der Waals surface area contributed by atoms with Gasteiger partial charge in [-0.2, -0.15) is 5.10 Å². The fourth-order valence-corrected chi connectivity index (χ4v) is 5.28. The zero-order chi connectivity index (χ0) is 20.4. The molecule has 2 aliphatic rings. The van der Waals surface area contributed by atoms with Crippen molar-refractivity contribution in [2.24, 2.45) is 22.4 Å². The molecule has 152 valence electrons. The number of hydrogen-bond acceptors (Lipinski definition) is 3. The van der Waals surface area contributed by atoms with E-state index < -0.39 is 0 Å². The summed E-state index contributed by atoms with van der Waals surface area (Å²) in [4.78, 5) is 12.5. The molecule has 2 fully saturated rings.